The summed E-state index contributed by atoms with van der Waals surface area (Å²) >= 11 is 0. The largest absolute Gasteiger partial charge is 0.388 e. The molecule has 15 heavy (non-hydrogen) atoms. The fourth-order valence-electron chi connectivity index (χ4n) is 1.66. The molecule has 3 N–H and O–H groups in total. The number of nitrogens with zero attached hydrogens (tertiary/aromatic N) is 2. The molecule has 88 valence electrons. The summed E-state index contributed by atoms with van der Waals surface area (Å²) in [6.45, 7) is 10.2. The van der Waals surface area contributed by atoms with Crippen LogP contribution < -0.4 is 10.7 Å². The zero-order chi connectivity index (χ0) is 11.5. The fraction of sp³-hybridized carbons (Fsp3) is 0.900. The van der Waals surface area contributed by atoms with Crippen LogP contribution in [0.25, 0.3) is 0 Å². The van der Waals surface area contributed by atoms with Crippen molar-refractivity contribution in [2.75, 3.05) is 19.6 Å². The normalized spacial score (nSPS) is 22.1. The Bertz CT molecular complexity index is 234. The molecule has 1 rings (SSSR count). The minimum absolute atomic E-state index is 0.0841. The van der Waals surface area contributed by atoms with Crippen molar-refractivity contribution in [3.8, 4) is 0 Å². The predicted molar refractivity (Wildman–Crippen MR) is 61.6 cm³/mol. The van der Waals surface area contributed by atoms with E-state index in [4.69, 9.17) is 0 Å². The molecule has 0 radical (unpaired) electrons. The second kappa shape index (κ2) is 4.92. The molecule has 0 aliphatic carbocycles. The first-order chi connectivity index (χ1) is 6.95. The predicted octanol–water partition coefficient (Wildman–Crippen LogP) is -0.0685. The van der Waals surface area contributed by atoms with Crippen molar-refractivity contribution in [2.45, 2.75) is 39.3 Å². The maximum absolute atomic E-state index is 9.89. The van der Waals surface area contributed by atoms with Gasteiger partial charge in [-0.25, -0.2) is 10.5 Å². The van der Waals surface area contributed by atoms with E-state index in [0.717, 1.165) is 25.3 Å². The van der Waals surface area contributed by atoms with Crippen LogP contribution in [0.4, 0.5) is 0 Å². The average molecular weight is 214 g/mol. The molecule has 0 bridgehead atoms. The van der Waals surface area contributed by atoms with Crippen LogP contribution in [-0.4, -0.2) is 47.2 Å². The lowest BCUT2D eigenvalue weighted by atomic mass is 9.96. The standard InChI is InChI=1S/C10H22N4O/c1-5-11-6-7-14-12-8(2)9(13-14)10(3,4)15/h9,11,13,15H,5-7H2,1-4H3. The van der Waals surface area contributed by atoms with E-state index in [2.05, 4.69) is 22.8 Å². The molecule has 5 heteroatoms. The average Bonchev–Trinajstić information content (AvgIpc) is 2.47. The maximum atomic E-state index is 9.89. The summed E-state index contributed by atoms with van der Waals surface area (Å²) in [6.07, 6.45) is 0. The van der Waals surface area contributed by atoms with Gasteiger partial charge in [-0.05, 0) is 27.3 Å². The monoisotopic (exact) mass is 214 g/mol. The Morgan fingerprint density at radius 1 is 1.60 bits per heavy atom. The van der Waals surface area contributed by atoms with E-state index in [0.29, 0.717) is 0 Å². The molecule has 0 aromatic carbocycles. The first-order valence-corrected chi connectivity index (χ1v) is 5.47. The molecule has 1 unspecified atom stereocenters. The Morgan fingerprint density at radius 2 is 2.27 bits per heavy atom. The van der Waals surface area contributed by atoms with Crippen molar-refractivity contribution in [1.82, 2.24) is 15.9 Å². The minimum Gasteiger partial charge on any atom is -0.388 e. The number of hydrazine groups is 1. The number of hydrogen-bond donors (Lipinski definition) is 3. The van der Waals surface area contributed by atoms with Crippen LogP contribution in [0.15, 0.2) is 5.10 Å². The summed E-state index contributed by atoms with van der Waals surface area (Å²) in [4.78, 5) is 0. The number of likely N-dealkylation sites (N-methyl/N-ethyl adjacent to an activating group) is 1. The summed E-state index contributed by atoms with van der Waals surface area (Å²) in [7, 11) is 0. The highest BCUT2D eigenvalue weighted by Gasteiger charge is 2.34. The molecule has 0 saturated carbocycles. The first kappa shape index (κ1) is 12.4. The van der Waals surface area contributed by atoms with Gasteiger partial charge < -0.3 is 10.4 Å². The molecular formula is C10H22N4O. The summed E-state index contributed by atoms with van der Waals surface area (Å²) in [5, 5.41) is 19.3. The summed E-state index contributed by atoms with van der Waals surface area (Å²) < 4.78 is 0. The summed E-state index contributed by atoms with van der Waals surface area (Å²) in [6, 6.07) is -0.0841. The van der Waals surface area contributed by atoms with Crippen LogP contribution >= 0.6 is 0 Å². The second-order valence-corrected chi connectivity index (χ2v) is 4.43. The van der Waals surface area contributed by atoms with Gasteiger partial charge in [0.25, 0.3) is 0 Å². The van der Waals surface area contributed by atoms with Gasteiger partial charge in [-0.2, -0.15) is 5.10 Å². The van der Waals surface area contributed by atoms with Crippen LogP contribution in [0.2, 0.25) is 0 Å². The highest BCUT2D eigenvalue weighted by Crippen LogP contribution is 2.15. The third-order valence-electron chi connectivity index (χ3n) is 2.43. The van der Waals surface area contributed by atoms with Gasteiger partial charge in [-0.1, -0.05) is 6.92 Å². The third-order valence-corrected chi connectivity index (χ3v) is 2.43. The number of aliphatic hydroxyl groups is 1. The molecule has 1 aliphatic heterocycles. The maximum Gasteiger partial charge on any atom is 0.0957 e. The number of hydrogen-bond acceptors (Lipinski definition) is 5. The lowest BCUT2D eigenvalue weighted by Crippen LogP contribution is -2.51. The van der Waals surface area contributed by atoms with Crippen LogP contribution in [0.5, 0.6) is 0 Å². The molecule has 0 fully saturated rings. The summed E-state index contributed by atoms with van der Waals surface area (Å²) in [5.41, 5.74) is 3.33. The smallest absolute Gasteiger partial charge is 0.0957 e. The van der Waals surface area contributed by atoms with Gasteiger partial charge in [-0.3, -0.25) is 0 Å². The molecule has 0 saturated heterocycles. The van der Waals surface area contributed by atoms with E-state index in [9.17, 15) is 5.11 Å². The van der Waals surface area contributed by atoms with Crippen molar-refractivity contribution in [3.63, 3.8) is 0 Å². The van der Waals surface area contributed by atoms with Crippen molar-refractivity contribution >= 4 is 5.71 Å². The zero-order valence-electron chi connectivity index (χ0n) is 10.0. The molecule has 0 aromatic heterocycles. The van der Waals surface area contributed by atoms with Crippen LogP contribution in [0, 0.1) is 0 Å². The van der Waals surface area contributed by atoms with Gasteiger partial charge in [-0.15, -0.1) is 0 Å². The Morgan fingerprint density at radius 3 is 2.73 bits per heavy atom. The Balaban J connectivity index is 2.42. The zero-order valence-corrected chi connectivity index (χ0v) is 10.0. The van der Waals surface area contributed by atoms with E-state index in [1.807, 2.05) is 6.92 Å². The summed E-state index contributed by atoms with van der Waals surface area (Å²) in [5.74, 6) is 0. The van der Waals surface area contributed by atoms with Gasteiger partial charge in [0.15, 0.2) is 0 Å². The van der Waals surface area contributed by atoms with E-state index in [1.54, 1.807) is 19.0 Å². The highest BCUT2D eigenvalue weighted by atomic mass is 16.3. The van der Waals surface area contributed by atoms with Crippen molar-refractivity contribution in [3.05, 3.63) is 0 Å². The quantitative estimate of drug-likeness (QED) is 0.561. The molecule has 1 atom stereocenters. The van der Waals surface area contributed by atoms with Crippen molar-refractivity contribution in [2.24, 2.45) is 5.10 Å². The molecule has 0 amide bonds. The highest BCUT2D eigenvalue weighted by molar-refractivity contribution is 5.89. The molecule has 1 heterocycles. The van der Waals surface area contributed by atoms with Gasteiger partial charge in [0.05, 0.1) is 23.9 Å². The van der Waals surface area contributed by atoms with Gasteiger partial charge in [0, 0.05) is 6.54 Å². The van der Waals surface area contributed by atoms with Gasteiger partial charge in [0.1, 0.15) is 0 Å². The molecule has 0 aromatic rings. The van der Waals surface area contributed by atoms with E-state index >= 15 is 0 Å². The molecule has 1 aliphatic rings. The Kier molecular flexibility index (Phi) is 4.07. The van der Waals surface area contributed by atoms with Crippen LogP contribution in [-0.2, 0) is 0 Å². The second-order valence-electron chi connectivity index (χ2n) is 4.43. The van der Waals surface area contributed by atoms with Crippen LogP contribution in [0.3, 0.4) is 0 Å². The lowest BCUT2D eigenvalue weighted by Gasteiger charge is -2.27. The van der Waals surface area contributed by atoms with E-state index in [-0.39, 0.29) is 6.04 Å². The minimum atomic E-state index is -0.777. The Hall–Kier alpha value is -0.650. The van der Waals surface area contributed by atoms with E-state index < -0.39 is 5.60 Å². The molecular weight excluding hydrogens is 192 g/mol. The van der Waals surface area contributed by atoms with Gasteiger partial charge >= 0.3 is 0 Å². The molecule has 0 spiro atoms. The number of hydrazone groups is 1. The van der Waals surface area contributed by atoms with Crippen LogP contribution in [0.1, 0.15) is 27.7 Å². The number of rotatable bonds is 5. The van der Waals surface area contributed by atoms with Crippen molar-refractivity contribution < 1.29 is 5.11 Å². The SMILES string of the molecule is CCNCCN1N=C(C)C(C(C)(C)O)N1. The van der Waals surface area contributed by atoms with E-state index in [1.165, 1.54) is 0 Å². The van der Waals surface area contributed by atoms with Crippen molar-refractivity contribution in [1.29, 1.82) is 0 Å². The lowest BCUT2D eigenvalue weighted by molar-refractivity contribution is 0.0388. The van der Waals surface area contributed by atoms with Gasteiger partial charge in [0.2, 0.25) is 0 Å². The number of nitrogens with one attached hydrogen (secondary N) is 2. The fourth-order valence-corrected chi connectivity index (χ4v) is 1.66. The topological polar surface area (TPSA) is 59.9 Å². The Labute approximate surface area is 91.5 Å². The third kappa shape index (κ3) is 3.44. The first-order valence-electron chi connectivity index (χ1n) is 5.47. The molecule has 5 nitrogen and oxygen atoms in total.